The van der Waals surface area contributed by atoms with E-state index < -0.39 is 23.3 Å². The number of carbonyl (C=O) groups excluding carboxylic acids is 2. The van der Waals surface area contributed by atoms with Crippen LogP contribution in [-0.2, 0) is 16.6 Å². The van der Waals surface area contributed by atoms with Crippen molar-refractivity contribution in [3.63, 3.8) is 0 Å². The van der Waals surface area contributed by atoms with Crippen LogP contribution in [-0.4, -0.2) is 30.1 Å². The maximum atomic E-state index is 12.9. The molecule has 0 spiro atoms. The Morgan fingerprint density at radius 3 is 2.68 bits per heavy atom. The molecule has 2 aliphatic rings. The predicted octanol–water partition coefficient (Wildman–Crippen LogP) is 3.19. The highest BCUT2D eigenvalue weighted by Gasteiger charge is 2.43. The fourth-order valence-corrected chi connectivity index (χ4v) is 4.33. The van der Waals surface area contributed by atoms with Crippen molar-refractivity contribution in [2.45, 2.75) is 44.8 Å². The van der Waals surface area contributed by atoms with Gasteiger partial charge in [-0.3, -0.25) is 9.59 Å². The van der Waals surface area contributed by atoms with Crippen molar-refractivity contribution in [3.05, 3.63) is 46.2 Å². The molecule has 0 amide bonds. The minimum absolute atomic E-state index is 0.368. The van der Waals surface area contributed by atoms with Gasteiger partial charge in [0.05, 0.1) is 11.8 Å². The van der Waals surface area contributed by atoms with Gasteiger partial charge in [-0.05, 0) is 42.9 Å². The molecule has 25 heavy (non-hydrogen) atoms. The number of rotatable bonds is 2. The summed E-state index contributed by atoms with van der Waals surface area (Å²) in [5, 5.41) is 10.4. The highest BCUT2D eigenvalue weighted by Crippen LogP contribution is 2.46. The lowest BCUT2D eigenvalue weighted by atomic mass is 9.67. The molecule has 2 aromatic rings. The first-order valence-electron chi connectivity index (χ1n) is 8.45. The van der Waals surface area contributed by atoms with E-state index in [2.05, 4.69) is 0 Å². The molecule has 2 atom stereocenters. The zero-order valence-electron chi connectivity index (χ0n) is 14.5. The summed E-state index contributed by atoms with van der Waals surface area (Å²) in [5.41, 5.74) is 3.24. The number of hydrogen-bond acceptors (Lipinski definition) is 5. The number of methoxy groups -OCH3 is 1. The van der Waals surface area contributed by atoms with Crippen molar-refractivity contribution in [1.82, 2.24) is 0 Å². The highest BCUT2D eigenvalue weighted by molar-refractivity contribution is 6.53. The summed E-state index contributed by atoms with van der Waals surface area (Å²) in [6, 6.07) is 3.76. The van der Waals surface area contributed by atoms with E-state index in [1.54, 1.807) is 6.92 Å². The maximum absolute atomic E-state index is 12.9. The van der Waals surface area contributed by atoms with Crippen molar-refractivity contribution in [2.75, 3.05) is 7.11 Å². The Hall–Kier alpha value is -2.24. The SMILES string of the molecule is CO[C@@H](O)[C@@]1(C)CCCc2c1ccc1c2C(=O)C(=O)c2c(C)coc2-1. The average molecular weight is 340 g/mol. The zero-order valence-corrected chi connectivity index (χ0v) is 14.5. The molecule has 2 aliphatic carbocycles. The third-order valence-corrected chi connectivity index (χ3v) is 5.70. The van der Waals surface area contributed by atoms with E-state index in [1.807, 2.05) is 19.1 Å². The lowest BCUT2D eigenvalue weighted by molar-refractivity contribution is -0.126. The molecule has 1 aromatic heterocycles. The Kier molecular flexibility index (Phi) is 3.49. The standard InChI is InChI=1S/C20H20O5/c1-10-9-25-18-12-6-7-13-11(15(12)17(22)16(21)14(10)18)5-4-8-20(13,2)19(23)24-3/h6-7,9,19,23H,4-5,8H2,1-3H3/t19-,20+/m1/s1. The average Bonchev–Trinajstić information content (AvgIpc) is 3.00. The molecule has 0 bridgehead atoms. The van der Waals surface area contributed by atoms with E-state index >= 15 is 0 Å². The summed E-state index contributed by atoms with van der Waals surface area (Å²) in [6.45, 7) is 3.70. The fourth-order valence-electron chi connectivity index (χ4n) is 4.33. The zero-order chi connectivity index (χ0) is 17.9. The maximum Gasteiger partial charge on any atom is 0.237 e. The molecule has 1 heterocycles. The first-order valence-corrected chi connectivity index (χ1v) is 8.45. The summed E-state index contributed by atoms with van der Waals surface area (Å²) >= 11 is 0. The first-order chi connectivity index (χ1) is 11.9. The van der Waals surface area contributed by atoms with Crippen molar-refractivity contribution in [2.24, 2.45) is 0 Å². The van der Waals surface area contributed by atoms with E-state index in [4.69, 9.17) is 9.15 Å². The predicted molar refractivity (Wildman–Crippen MR) is 90.8 cm³/mol. The van der Waals surface area contributed by atoms with E-state index in [0.29, 0.717) is 34.4 Å². The molecule has 4 rings (SSSR count). The van der Waals surface area contributed by atoms with Crippen LogP contribution in [0.2, 0.25) is 0 Å². The largest absolute Gasteiger partial charge is 0.463 e. The molecule has 0 unspecified atom stereocenters. The first kappa shape index (κ1) is 16.2. The second kappa shape index (κ2) is 5.38. The van der Waals surface area contributed by atoms with Gasteiger partial charge in [0.25, 0.3) is 0 Å². The molecule has 0 saturated carbocycles. The van der Waals surface area contributed by atoms with Crippen LogP contribution in [0.4, 0.5) is 0 Å². The summed E-state index contributed by atoms with van der Waals surface area (Å²) in [5.74, 6) is -0.527. The van der Waals surface area contributed by atoms with Gasteiger partial charge in [0, 0.05) is 23.7 Å². The van der Waals surface area contributed by atoms with Gasteiger partial charge in [-0.2, -0.15) is 0 Å². The molecular weight excluding hydrogens is 320 g/mol. The summed E-state index contributed by atoms with van der Waals surface area (Å²) in [4.78, 5) is 25.5. The topological polar surface area (TPSA) is 76.7 Å². The molecule has 5 heteroatoms. The smallest absolute Gasteiger partial charge is 0.237 e. The molecule has 0 aliphatic heterocycles. The number of aryl methyl sites for hydroxylation is 1. The van der Waals surface area contributed by atoms with Crippen LogP contribution in [0.3, 0.4) is 0 Å². The highest BCUT2D eigenvalue weighted by atomic mass is 16.6. The molecule has 130 valence electrons. The molecule has 0 radical (unpaired) electrons. The Balaban J connectivity index is 2.00. The van der Waals surface area contributed by atoms with Gasteiger partial charge in [0.2, 0.25) is 11.6 Å². The van der Waals surface area contributed by atoms with Crippen molar-refractivity contribution >= 4 is 11.6 Å². The van der Waals surface area contributed by atoms with Gasteiger partial charge in [-0.1, -0.05) is 19.1 Å². The number of fused-ring (bicyclic) bond motifs is 5. The van der Waals surface area contributed by atoms with Crippen molar-refractivity contribution < 1.29 is 23.8 Å². The number of hydrogen-bond donors (Lipinski definition) is 1. The number of Topliss-reactive ketones (excluding diaryl/α,β-unsaturated/α-hetero) is 2. The molecule has 1 aromatic carbocycles. The van der Waals surface area contributed by atoms with E-state index in [1.165, 1.54) is 13.4 Å². The Morgan fingerprint density at radius 2 is 1.96 bits per heavy atom. The van der Waals surface area contributed by atoms with E-state index in [9.17, 15) is 14.7 Å². The number of aliphatic hydroxyl groups is 1. The van der Waals surface area contributed by atoms with E-state index in [0.717, 1.165) is 24.0 Å². The monoisotopic (exact) mass is 340 g/mol. The van der Waals surface area contributed by atoms with Gasteiger partial charge in [0.15, 0.2) is 6.29 Å². The van der Waals surface area contributed by atoms with Crippen LogP contribution in [0.25, 0.3) is 11.3 Å². The van der Waals surface area contributed by atoms with Crippen LogP contribution >= 0.6 is 0 Å². The molecule has 5 nitrogen and oxygen atoms in total. The van der Waals surface area contributed by atoms with Crippen LogP contribution in [0.5, 0.6) is 0 Å². The molecule has 1 N–H and O–H groups in total. The lowest BCUT2D eigenvalue weighted by Gasteiger charge is -2.40. The number of ketones is 2. The lowest BCUT2D eigenvalue weighted by Crippen LogP contribution is -2.41. The van der Waals surface area contributed by atoms with Gasteiger partial charge in [-0.25, -0.2) is 0 Å². The number of furan rings is 1. The van der Waals surface area contributed by atoms with Gasteiger partial charge in [-0.15, -0.1) is 0 Å². The number of aliphatic hydroxyl groups excluding tert-OH is 1. The van der Waals surface area contributed by atoms with Gasteiger partial charge in [0.1, 0.15) is 5.76 Å². The van der Waals surface area contributed by atoms with Crippen molar-refractivity contribution in [1.29, 1.82) is 0 Å². The van der Waals surface area contributed by atoms with Crippen LogP contribution in [0, 0.1) is 6.92 Å². The summed E-state index contributed by atoms with van der Waals surface area (Å²) in [6.07, 6.45) is 2.80. The molecule has 0 saturated heterocycles. The summed E-state index contributed by atoms with van der Waals surface area (Å²) < 4.78 is 10.8. The molecular formula is C20H20O5. The second-order valence-electron chi connectivity index (χ2n) is 7.15. The Morgan fingerprint density at radius 1 is 1.24 bits per heavy atom. The fraction of sp³-hybridized carbons (Fsp3) is 0.400. The minimum Gasteiger partial charge on any atom is -0.463 e. The minimum atomic E-state index is -0.972. The van der Waals surface area contributed by atoms with Crippen LogP contribution in [0.1, 0.15) is 57.2 Å². The molecule has 0 fully saturated rings. The quantitative estimate of drug-likeness (QED) is 0.671. The van der Waals surface area contributed by atoms with Crippen LogP contribution in [0.15, 0.2) is 22.8 Å². The normalized spacial score (nSPS) is 23.0. The van der Waals surface area contributed by atoms with Gasteiger partial charge >= 0.3 is 0 Å². The van der Waals surface area contributed by atoms with Crippen molar-refractivity contribution in [3.8, 4) is 11.3 Å². The van der Waals surface area contributed by atoms with E-state index in [-0.39, 0.29) is 0 Å². The third kappa shape index (κ3) is 2.03. The summed E-state index contributed by atoms with van der Waals surface area (Å²) in [7, 11) is 1.47. The number of carbonyl (C=O) groups is 2. The van der Waals surface area contributed by atoms with Gasteiger partial charge < -0.3 is 14.3 Å². The third-order valence-electron chi connectivity index (χ3n) is 5.70. The Bertz CT molecular complexity index is 907. The Labute approximate surface area is 145 Å². The van der Waals surface area contributed by atoms with Crippen LogP contribution < -0.4 is 0 Å². The number of ether oxygens (including phenoxy) is 1. The second-order valence-corrected chi connectivity index (χ2v) is 7.15. The number of benzene rings is 1.